The Bertz CT molecular complexity index is 797. The highest BCUT2D eigenvalue weighted by molar-refractivity contribution is 7.72. The predicted octanol–water partition coefficient (Wildman–Crippen LogP) is 5.46. The van der Waals surface area contributed by atoms with E-state index in [1.54, 1.807) is 6.92 Å². The molecule has 0 aliphatic heterocycles. The SMILES string of the molecule is CCC(=O)OCCCCCCn1cc(-c2ccccc2)c(=S)[nH]c1=S. The van der Waals surface area contributed by atoms with Gasteiger partial charge in [0, 0.05) is 24.7 Å². The van der Waals surface area contributed by atoms with Crippen LogP contribution in [0.2, 0.25) is 0 Å². The standard InChI is InChI=1S/C19H24N2O2S2/c1-2-17(22)23-13-9-4-3-8-12-21-14-16(18(24)20-19(21)25)15-10-6-5-7-11-15/h5-7,10-11,14H,2-4,8-9,12-13H2,1H3,(H,20,24,25). The lowest BCUT2D eigenvalue weighted by Crippen LogP contribution is -2.05. The van der Waals surface area contributed by atoms with E-state index >= 15 is 0 Å². The van der Waals surface area contributed by atoms with Crippen LogP contribution in [0.15, 0.2) is 36.5 Å². The number of carbonyl (C=O) groups excluding carboxylic acids is 1. The molecule has 4 nitrogen and oxygen atoms in total. The van der Waals surface area contributed by atoms with Crippen LogP contribution < -0.4 is 0 Å². The third kappa shape index (κ3) is 6.21. The molecule has 0 aliphatic carbocycles. The quantitative estimate of drug-likeness (QED) is 0.359. The van der Waals surface area contributed by atoms with E-state index in [1.165, 1.54) is 0 Å². The van der Waals surface area contributed by atoms with E-state index in [0.717, 1.165) is 43.4 Å². The second-order valence-electron chi connectivity index (χ2n) is 5.85. The van der Waals surface area contributed by atoms with E-state index in [9.17, 15) is 4.79 Å². The number of aromatic amines is 1. The Morgan fingerprint density at radius 1 is 1.12 bits per heavy atom. The molecule has 0 saturated carbocycles. The van der Waals surface area contributed by atoms with Gasteiger partial charge >= 0.3 is 5.97 Å². The normalized spacial score (nSPS) is 10.6. The second-order valence-corrected chi connectivity index (χ2v) is 6.64. The summed E-state index contributed by atoms with van der Waals surface area (Å²) in [6, 6.07) is 10.1. The summed E-state index contributed by atoms with van der Waals surface area (Å²) >= 11 is 10.8. The lowest BCUT2D eigenvalue weighted by molar-refractivity contribution is -0.143. The monoisotopic (exact) mass is 376 g/mol. The van der Waals surface area contributed by atoms with Crippen molar-refractivity contribution in [2.75, 3.05) is 6.61 Å². The molecule has 1 heterocycles. The number of hydrogen-bond acceptors (Lipinski definition) is 4. The third-order valence-corrected chi connectivity index (χ3v) is 4.60. The predicted molar refractivity (Wildman–Crippen MR) is 106 cm³/mol. The maximum atomic E-state index is 11.1. The van der Waals surface area contributed by atoms with Crippen molar-refractivity contribution in [1.29, 1.82) is 0 Å². The van der Waals surface area contributed by atoms with Crippen molar-refractivity contribution < 1.29 is 9.53 Å². The maximum Gasteiger partial charge on any atom is 0.305 e. The number of esters is 1. The van der Waals surface area contributed by atoms with Crippen molar-refractivity contribution in [2.24, 2.45) is 0 Å². The van der Waals surface area contributed by atoms with E-state index in [0.29, 0.717) is 22.4 Å². The Hall–Kier alpha value is -1.79. The number of aryl methyl sites for hydroxylation is 1. The van der Waals surface area contributed by atoms with Gasteiger partial charge in [-0.25, -0.2) is 0 Å². The van der Waals surface area contributed by atoms with E-state index in [1.807, 2.05) is 41.1 Å². The number of nitrogens with one attached hydrogen (secondary N) is 1. The fraction of sp³-hybridized carbons (Fsp3) is 0.421. The van der Waals surface area contributed by atoms with Crippen molar-refractivity contribution in [3.05, 3.63) is 45.9 Å². The molecule has 0 unspecified atom stereocenters. The highest BCUT2D eigenvalue weighted by Gasteiger charge is 2.03. The van der Waals surface area contributed by atoms with Crippen molar-refractivity contribution in [3.63, 3.8) is 0 Å². The minimum Gasteiger partial charge on any atom is -0.466 e. The average Bonchev–Trinajstić information content (AvgIpc) is 2.62. The molecule has 0 fully saturated rings. The molecule has 1 aromatic heterocycles. The van der Waals surface area contributed by atoms with Crippen LogP contribution in [0.5, 0.6) is 0 Å². The number of carbonyl (C=O) groups is 1. The van der Waals surface area contributed by atoms with Crippen LogP contribution in [0.25, 0.3) is 11.1 Å². The van der Waals surface area contributed by atoms with Crippen LogP contribution in [0.4, 0.5) is 0 Å². The summed E-state index contributed by atoms with van der Waals surface area (Å²) < 4.78 is 8.45. The molecule has 134 valence electrons. The van der Waals surface area contributed by atoms with Crippen LogP contribution in [0, 0.1) is 9.41 Å². The number of ether oxygens (including phenoxy) is 1. The second kappa shape index (κ2) is 10.3. The van der Waals surface area contributed by atoms with Crippen LogP contribution in [0.1, 0.15) is 39.0 Å². The van der Waals surface area contributed by atoms with E-state index < -0.39 is 0 Å². The summed E-state index contributed by atoms with van der Waals surface area (Å²) in [4.78, 5) is 14.2. The molecule has 1 aromatic carbocycles. The van der Waals surface area contributed by atoms with E-state index in [-0.39, 0.29) is 5.97 Å². The zero-order chi connectivity index (χ0) is 18.1. The molecule has 0 atom stereocenters. The Labute approximate surface area is 158 Å². The fourth-order valence-electron chi connectivity index (χ4n) is 2.52. The first kappa shape index (κ1) is 19.5. The summed E-state index contributed by atoms with van der Waals surface area (Å²) in [5.41, 5.74) is 2.08. The van der Waals surface area contributed by atoms with Gasteiger partial charge in [0.05, 0.1) is 6.61 Å². The molecule has 6 heteroatoms. The summed E-state index contributed by atoms with van der Waals surface area (Å²) in [5, 5.41) is 0. The fourth-order valence-corrected chi connectivity index (χ4v) is 3.10. The smallest absolute Gasteiger partial charge is 0.305 e. The minimum absolute atomic E-state index is 0.126. The summed E-state index contributed by atoms with van der Waals surface area (Å²) in [7, 11) is 0. The Kier molecular flexibility index (Phi) is 8.01. The lowest BCUT2D eigenvalue weighted by atomic mass is 10.1. The molecule has 2 rings (SSSR count). The van der Waals surface area contributed by atoms with Crippen molar-refractivity contribution in [1.82, 2.24) is 9.55 Å². The molecular weight excluding hydrogens is 352 g/mol. The summed E-state index contributed by atoms with van der Waals surface area (Å²) in [6.45, 7) is 3.17. The first-order valence-corrected chi connectivity index (χ1v) is 9.48. The molecule has 0 radical (unpaired) electrons. The zero-order valence-electron chi connectivity index (χ0n) is 14.5. The Morgan fingerprint density at radius 3 is 2.56 bits per heavy atom. The number of benzene rings is 1. The lowest BCUT2D eigenvalue weighted by Gasteiger charge is -2.10. The van der Waals surface area contributed by atoms with Gasteiger partial charge in [0.1, 0.15) is 4.64 Å². The molecule has 0 bridgehead atoms. The van der Waals surface area contributed by atoms with Crippen molar-refractivity contribution in [3.8, 4) is 11.1 Å². The topological polar surface area (TPSA) is 47.0 Å². The van der Waals surface area contributed by atoms with Crippen LogP contribution in [0.3, 0.4) is 0 Å². The zero-order valence-corrected chi connectivity index (χ0v) is 16.1. The largest absolute Gasteiger partial charge is 0.466 e. The van der Waals surface area contributed by atoms with Crippen LogP contribution in [-0.2, 0) is 16.1 Å². The van der Waals surface area contributed by atoms with Crippen LogP contribution in [-0.4, -0.2) is 22.1 Å². The number of aromatic nitrogens is 2. The molecule has 0 spiro atoms. The minimum atomic E-state index is -0.126. The molecule has 0 saturated heterocycles. The first-order valence-electron chi connectivity index (χ1n) is 8.66. The summed E-state index contributed by atoms with van der Waals surface area (Å²) in [5.74, 6) is -0.126. The van der Waals surface area contributed by atoms with Gasteiger partial charge in [-0.1, -0.05) is 55.9 Å². The molecule has 0 aliphatic rings. The Morgan fingerprint density at radius 2 is 1.84 bits per heavy atom. The van der Waals surface area contributed by atoms with Gasteiger partial charge in [-0.15, -0.1) is 0 Å². The molecule has 25 heavy (non-hydrogen) atoms. The van der Waals surface area contributed by atoms with Gasteiger partial charge in [0.15, 0.2) is 4.77 Å². The van der Waals surface area contributed by atoms with Gasteiger partial charge < -0.3 is 14.3 Å². The average molecular weight is 377 g/mol. The summed E-state index contributed by atoms with van der Waals surface area (Å²) in [6.07, 6.45) is 6.52. The third-order valence-electron chi connectivity index (χ3n) is 3.94. The molecule has 0 amide bonds. The van der Waals surface area contributed by atoms with Crippen LogP contribution >= 0.6 is 24.4 Å². The van der Waals surface area contributed by atoms with Crippen molar-refractivity contribution in [2.45, 2.75) is 45.6 Å². The van der Waals surface area contributed by atoms with Gasteiger partial charge in [-0.2, -0.15) is 0 Å². The first-order chi connectivity index (χ1) is 12.1. The van der Waals surface area contributed by atoms with Gasteiger partial charge in [0.2, 0.25) is 0 Å². The highest BCUT2D eigenvalue weighted by atomic mass is 32.1. The Balaban J connectivity index is 1.87. The number of nitrogens with zero attached hydrogens (tertiary/aromatic N) is 1. The van der Waals surface area contributed by atoms with E-state index in [4.69, 9.17) is 29.2 Å². The maximum absolute atomic E-state index is 11.1. The number of rotatable bonds is 9. The molecular formula is C19H24N2O2S2. The molecule has 2 aromatic rings. The molecule has 1 N–H and O–H groups in total. The van der Waals surface area contributed by atoms with Gasteiger partial charge in [-0.3, -0.25) is 4.79 Å². The van der Waals surface area contributed by atoms with E-state index in [2.05, 4.69) is 4.98 Å². The van der Waals surface area contributed by atoms with Crippen molar-refractivity contribution >= 4 is 30.4 Å². The van der Waals surface area contributed by atoms with Gasteiger partial charge in [0.25, 0.3) is 0 Å². The van der Waals surface area contributed by atoms with Gasteiger partial charge in [-0.05, 0) is 37.0 Å². The number of H-pyrrole nitrogens is 1. The number of unbranched alkanes of at least 4 members (excludes halogenated alkanes) is 3. The highest BCUT2D eigenvalue weighted by Crippen LogP contribution is 2.19. The number of hydrogen-bond donors (Lipinski definition) is 1.